The molecule has 1 aliphatic rings. The minimum absolute atomic E-state index is 0.342. The van der Waals surface area contributed by atoms with Gasteiger partial charge in [0.15, 0.2) is 0 Å². The van der Waals surface area contributed by atoms with Gasteiger partial charge in [-0.15, -0.1) is 0 Å². The van der Waals surface area contributed by atoms with E-state index in [4.69, 9.17) is 5.11 Å². The van der Waals surface area contributed by atoms with Crippen LogP contribution >= 0.6 is 11.8 Å². The summed E-state index contributed by atoms with van der Waals surface area (Å²) in [5.74, 6) is 1.55. The molecule has 3 heteroatoms. The van der Waals surface area contributed by atoms with Gasteiger partial charge in [0.25, 0.3) is 0 Å². The molecule has 0 spiro atoms. The number of aliphatic carboxylic acids is 1. The summed E-state index contributed by atoms with van der Waals surface area (Å²) in [6, 6.07) is 0. The van der Waals surface area contributed by atoms with Crippen LogP contribution in [0.15, 0.2) is 0 Å². The van der Waals surface area contributed by atoms with Gasteiger partial charge in [0.1, 0.15) is 0 Å². The third-order valence-corrected chi connectivity index (χ3v) is 6.46. The highest BCUT2D eigenvalue weighted by atomic mass is 32.2. The first-order valence-corrected chi connectivity index (χ1v) is 10.6. The van der Waals surface area contributed by atoms with Crippen molar-refractivity contribution in [1.29, 1.82) is 0 Å². The van der Waals surface area contributed by atoms with Gasteiger partial charge in [-0.3, -0.25) is 4.79 Å². The normalized spacial score (nSPS) is 21.3. The zero-order chi connectivity index (χ0) is 16.0. The Hall–Kier alpha value is -0.180. The predicted octanol–water partition coefficient (Wildman–Crippen LogP) is 6.28. The van der Waals surface area contributed by atoms with Crippen LogP contribution in [0.2, 0.25) is 0 Å². The first-order chi connectivity index (χ1) is 10.7. The van der Waals surface area contributed by atoms with Crippen LogP contribution in [-0.4, -0.2) is 22.1 Å². The molecule has 22 heavy (non-hydrogen) atoms. The first kappa shape index (κ1) is 19.9. The Morgan fingerprint density at radius 2 is 1.73 bits per heavy atom. The largest absolute Gasteiger partial charge is 0.481 e. The van der Waals surface area contributed by atoms with Crippen molar-refractivity contribution in [2.45, 2.75) is 102 Å². The molecule has 2 atom stereocenters. The van der Waals surface area contributed by atoms with Gasteiger partial charge in [-0.05, 0) is 43.8 Å². The Balaban J connectivity index is 1.99. The topological polar surface area (TPSA) is 37.3 Å². The lowest BCUT2D eigenvalue weighted by molar-refractivity contribution is -0.137. The number of rotatable bonds is 14. The molecule has 1 saturated carbocycles. The fraction of sp³-hybridized carbons (Fsp3) is 0.947. The lowest BCUT2D eigenvalue weighted by Gasteiger charge is -2.19. The molecule has 1 rings (SSSR count). The van der Waals surface area contributed by atoms with E-state index in [0.717, 1.165) is 24.0 Å². The van der Waals surface area contributed by atoms with Crippen molar-refractivity contribution in [2.75, 3.05) is 5.75 Å². The van der Waals surface area contributed by atoms with E-state index in [1.54, 1.807) is 0 Å². The maximum Gasteiger partial charge on any atom is 0.303 e. The molecule has 0 aromatic heterocycles. The molecular formula is C19H36O2S. The zero-order valence-corrected chi connectivity index (χ0v) is 15.3. The van der Waals surface area contributed by atoms with Gasteiger partial charge >= 0.3 is 5.97 Å². The molecule has 130 valence electrons. The summed E-state index contributed by atoms with van der Waals surface area (Å²) < 4.78 is 0. The van der Waals surface area contributed by atoms with Gasteiger partial charge in [-0.25, -0.2) is 0 Å². The summed E-state index contributed by atoms with van der Waals surface area (Å²) in [5, 5.41) is 9.52. The van der Waals surface area contributed by atoms with Gasteiger partial charge in [0.2, 0.25) is 0 Å². The zero-order valence-electron chi connectivity index (χ0n) is 14.5. The molecule has 0 heterocycles. The van der Waals surface area contributed by atoms with Crippen LogP contribution in [-0.2, 0) is 4.79 Å². The Bertz CT molecular complexity index is 281. The lowest BCUT2D eigenvalue weighted by atomic mass is 9.99. The van der Waals surface area contributed by atoms with Crippen LogP contribution in [0.3, 0.4) is 0 Å². The third-order valence-electron chi connectivity index (χ3n) is 4.88. The Morgan fingerprint density at radius 3 is 2.50 bits per heavy atom. The van der Waals surface area contributed by atoms with Crippen molar-refractivity contribution < 1.29 is 9.90 Å². The van der Waals surface area contributed by atoms with Crippen LogP contribution in [0.4, 0.5) is 0 Å². The van der Waals surface area contributed by atoms with Crippen molar-refractivity contribution in [2.24, 2.45) is 5.92 Å². The molecule has 0 bridgehead atoms. The van der Waals surface area contributed by atoms with Crippen molar-refractivity contribution in [3.63, 3.8) is 0 Å². The van der Waals surface area contributed by atoms with Gasteiger partial charge in [0, 0.05) is 11.7 Å². The fourth-order valence-corrected chi connectivity index (χ4v) is 5.08. The van der Waals surface area contributed by atoms with Gasteiger partial charge in [-0.2, -0.15) is 11.8 Å². The highest BCUT2D eigenvalue weighted by molar-refractivity contribution is 7.99. The Kier molecular flexibility index (Phi) is 12.0. The average molecular weight is 329 g/mol. The van der Waals surface area contributed by atoms with Crippen molar-refractivity contribution in [3.8, 4) is 0 Å². The molecule has 1 N–H and O–H groups in total. The molecule has 1 aliphatic carbocycles. The Labute approximate surface area is 141 Å². The molecule has 0 unspecified atom stereocenters. The van der Waals surface area contributed by atoms with E-state index in [2.05, 4.69) is 18.7 Å². The number of carboxylic acids is 1. The second kappa shape index (κ2) is 13.3. The van der Waals surface area contributed by atoms with Crippen molar-refractivity contribution >= 4 is 17.7 Å². The second-order valence-electron chi connectivity index (χ2n) is 6.86. The monoisotopic (exact) mass is 328 g/mol. The van der Waals surface area contributed by atoms with Crippen LogP contribution < -0.4 is 0 Å². The molecule has 2 nitrogen and oxygen atoms in total. The second-order valence-corrected chi connectivity index (χ2v) is 8.21. The van der Waals surface area contributed by atoms with E-state index >= 15 is 0 Å². The van der Waals surface area contributed by atoms with E-state index in [-0.39, 0.29) is 0 Å². The third kappa shape index (κ3) is 9.76. The maximum atomic E-state index is 10.5. The van der Waals surface area contributed by atoms with E-state index in [1.807, 2.05) is 0 Å². The average Bonchev–Trinajstić information content (AvgIpc) is 2.93. The number of hydrogen-bond acceptors (Lipinski definition) is 2. The maximum absolute atomic E-state index is 10.5. The van der Waals surface area contributed by atoms with Gasteiger partial charge in [-0.1, -0.05) is 58.3 Å². The molecule has 0 aromatic rings. The molecular weight excluding hydrogens is 292 g/mol. The highest BCUT2D eigenvalue weighted by Crippen LogP contribution is 2.38. The quantitative estimate of drug-likeness (QED) is 0.381. The summed E-state index contributed by atoms with van der Waals surface area (Å²) in [5.41, 5.74) is 0. The summed E-state index contributed by atoms with van der Waals surface area (Å²) >= 11 is 2.18. The molecule has 0 aromatic carbocycles. The van der Waals surface area contributed by atoms with Crippen LogP contribution in [0, 0.1) is 5.92 Å². The van der Waals surface area contributed by atoms with Gasteiger partial charge in [0.05, 0.1) is 0 Å². The van der Waals surface area contributed by atoms with E-state index in [9.17, 15) is 4.79 Å². The first-order valence-electron chi connectivity index (χ1n) is 9.57. The van der Waals surface area contributed by atoms with E-state index < -0.39 is 5.97 Å². The summed E-state index contributed by atoms with van der Waals surface area (Å²) in [7, 11) is 0. The summed E-state index contributed by atoms with van der Waals surface area (Å²) in [6.07, 6.45) is 17.7. The predicted molar refractivity (Wildman–Crippen MR) is 97.7 cm³/mol. The number of hydrogen-bond donors (Lipinski definition) is 1. The van der Waals surface area contributed by atoms with Crippen LogP contribution in [0.1, 0.15) is 96.8 Å². The van der Waals surface area contributed by atoms with Crippen molar-refractivity contribution in [3.05, 3.63) is 0 Å². The molecule has 0 saturated heterocycles. The minimum atomic E-state index is -0.651. The number of carbonyl (C=O) groups is 1. The highest BCUT2D eigenvalue weighted by Gasteiger charge is 2.26. The molecule has 0 radical (unpaired) electrons. The number of thioether (sulfide) groups is 1. The SMILES string of the molecule is CCCCCCCC[C@H]1CCC[C@@H]1SCCCCCC(=O)O. The van der Waals surface area contributed by atoms with E-state index in [0.29, 0.717) is 6.42 Å². The fourth-order valence-electron chi connectivity index (χ4n) is 3.53. The van der Waals surface area contributed by atoms with Crippen molar-refractivity contribution in [1.82, 2.24) is 0 Å². The Morgan fingerprint density at radius 1 is 1.00 bits per heavy atom. The molecule has 0 amide bonds. The lowest BCUT2D eigenvalue weighted by Crippen LogP contribution is -2.11. The van der Waals surface area contributed by atoms with Crippen LogP contribution in [0.5, 0.6) is 0 Å². The van der Waals surface area contributed by atoms with Gasteiger partial charge < -0.3 is 5.11 Å². The molecule has 1 fully saturated rings. The standard InChI is InChI=1S/C19H36O2S/c1-2-3-4-5-6-8-12-17-13-11-14-18(17)22-16-10-7-9-15-19(20)21/h17-18H,2-16H2,1H3,(H,20,21)/t17-,18-/m0/s1. The summed E-state index contributed by atoms with van der Waals surface area (Å²) in [6.45, 7) is 2.28. The number of carboxylic acid groups (broad SMARTS) is 1. The minimum Gasteiger partial charge on any atom is -0.481 e. The number of unbranched alkanes of at least 4 members (excludes halogenated alkanes) is 7. The van der Waals surface area contributed by atoms with E-state index in [1.165, 1.54) is 76.4 Å². The molecule has 0 aliphatic heterocycles. The smallest absolute Gasteiger partial charge is 0.303 e. The summed E-state index contributed by atoms with van der Waals surface area (Å²) in [4.78, 5) is 10.5. The van der Waals surface area contributed by atoms with Crippen LogP contribution in [0.25, 0.3) is 0 Å².